The molecule has 0 atom stereocenters. The van der Waals surface area contributed by atoms with Crippen LogP contribution in [0, 0.1) is 5.92 Å². The fraction of sp³-hybridized carbons (Fsp3) is 0.381. The van der Waals surface area contributed by atoms with E-state index in [1.54, 1.807) is 12.1 Å². The first-order chi connectivity index (χ1) is 13.3. The average Bonchev–Trinajstić information content (AvgIpc) is 2.69. The number of piperidine rings is 1. The topological polar surface area (TPSA) is 66.5 Å². The maximum absolute atomic E-state index is 12.5. The zero-order chi connectivity index (χ0) is 20.1. The number of carbonyl (C=O) groups is 1. The molecule has 1 saturated heterocycles. The van der Waals surface area contributed by atoms with Crippen molar-refractivity contribution < 1.29 is 13.2 Å². The standard InChI is InChI=1S/C21H25ClN2O3S/c1-16(25)18-6-8-20(9-7-18)28(26,27)23-14-17-10-12-24(13-11-17)15-19-4-2-3-5-21(19)22/h2-9,17,23H,10-15H2,1H3. The number of sulfonamides is 1. The molecule has 5 nitrogen and oxygen atoms in total. The molecule has 2 aromatic carbocycles. The number of ketones is 1. The quantitative estimate of drug-likeness (QED) is 0.693. The summed E-state index contributed by atoms with van der Waals surface area (Å²) >= 11 is 6.24. The first-order valence-corrected chi connectivity index (χ1v) is 11.3. The highest BCUT2D eigenvalue weighted by Gasteiger charge is 2.22. The molecule has 0 unspecified atom stereocenters. The third-order valence-electron chi connectivity index (χ3n) is 5.19. The van der Waals surface area contributed by atoms with Crippen LogP contribution in [0.4, 0.5) is 0 Å². The molecule has 1 aliphatic heterocycles. The van der Waals surface area contributed by atoms with Crippen LogP contribution in [-0.4, -0.2) is 38.7 Å². The first kappa shape index (κ1) is 21.0. The average molecular weight is 421 g/mol. The minimum atomic E-state index is -3.56. The van der Waals surface area contributed by atoms with Crippen LogP contribution in [0.3, 0.4) is 0 Å². The number of hydrogen-bond acceptors (Lipinski definition) is 4. The predicted octanol–water partition coefficient (Wildman–Crippen LogP) is 3.73. The van der Waals surface area contributed by atoms with E-state index in [2.05, 4.69) is 9.62 Å². The number of halogens is 1. The molecule has 1 fully saturated rings. The fourth-order valence-corrected chi connectivity index (χ4v) is 4.71. The molecule has 2 aromatic rings. The Morgan fingerprint density at radius 2 is 1.75 bits per heavy atom. The van der Waals surface area contributed by atoms with Crippen LogP contribution in [0.15, 0.2) is 53.4 Å². The van der Waals surface area contributed by atoms with E-state index in [9.17, 15) is 13.2 Å². The van der Waals surface area contributed by atoms with Crippen LogP contribution in [-0.2, 0) is 16.6 Å². The molecule has 150 valence electrons. The van der Waals surface area contributed by atoms with E-state index in [0.717, 1.165) is 43.1 Å². The molecule has 0 spiro atoms. The highest BCUT2D eigenvalue weighted by Crippen LogP contribution is 2.22. The number of benzene rings is 2. The molecule has 0 radical (unpaired) electrons. The lowest BCUT2D eigenvalue weighted by molar-refractivity contribution is 0.101. The predicted molar refractivity (Wildman–Crippen MR) is 111 cm³/mol. The van der Waals surface area contributed by atoms with Crippen molar-refractivity contribution in [2.75, 3.05) is 19.6 Å². The van der Waals surface area contributed by atoms with Crippen molar-refractivity contribution in [2.24, 2.45) is 5.92 Å². The van der Waals surface area contributed by atoms with Crippen molar-refractivity contribution in [1.29, 1.82) is 0 Å². The lowest BCUT2D eigenvalue weighted by Gasteiger charge is -2.32. The Hall–Kier alpha value is -1.73. The van der Waals surface area contributed by atoms with Crippen LogP contribution in [0.1, 0.15) is 35.7 Å². The minimum absolute atomic E-state index is 0.0829. The molecule has 3 rings (SSSR count). The molecular weight excluding hydrogens is 396 g/mol. The SMILES string of the molecule is CC(=O)c1ccc(S(=O)(=O)NCC2CCN(Cc3ccccc3Cl)CC2)cc1. The zero-order valence-electron chi connectivity index (χ0n) is 15.9. The Balaban J connectivity index is 1.49. The summed E-state index contributed by atoms with van der Waals surface area (Å²) in [5.74, 6) is 0.231. The molecule has 0 bridgehead atoms. The molecule has 0 saturated carbocycles. The van der Waals surface area contributed by atoms with E-state index in [-0.39, 0.29) is 10.7 Å². The van der Waals surface area contributed by atoms with Gasteiger partial charge in [0.1, 0.15) is 0 Å². The van der Waals surface area contributed by atoms with Gasteiger partial charge in [-0.15, -0.1) is 0 Å². The van der Waals surface area contributed by atoms with Crippen molar-refractivity contribution in [3.63, 3.8) is 0 Å². The molecule has 7 heteroatoms. The van der Waals surface area contributed by atoms with Gasteiger partial charge in [-0.1, -0.05) is 41.9 Å². The summed E-state index contributed by atoms with van der Waals surface area (Å²) in [4.78, 5) is 13.9. The number of hydrogen-bond donors (Lipinski definition) is 1. The van der Waals surface area contributed by atoms with Crippen molar-refractivity contribution in [3.05, 3.63) is 64.7 Å². The Morgan fingerprint density at radius 3 is 2.36 bits per heavy atom. The van der Waals surface area contributed by atoms with E-state index in [1.165, 1.54) is 19.1 Å². The molecule has 28 heavy (non-hydrogen) atoms. The Morgan fingerprint density at radius 1 is 1.11 bits per heavy atom. The summed E-state index contributed by atoms with van der Waals surface area (Å²) in [7, 11) is -3.56. The summed E-state index contributed by atoms with van der Waals surface area (Å²) in [6.07, 6.45) is 1.88. The molecule has 0 aromatic heterocycles. The Bertz CT molecular complexity index is 921. The van der Waals surface area contributed by atoms with E-state index in [1.807, 2.05) is 24.3 Å². The third kappa shape index (κ3) is 5.41. The van der Waals surface area contributed by atoms with E-state index < -0.39 is 10.0 Å². The smallest absolute Gasteiger partial charge is 0.240 e. The van der Waals surface area contributed by atoms with Gasteiger partial charge in [0, 0.05) is 23.7 Å². The van der Waals surface area contributed by atoms with Gasteiger partial charge in [0.25, 0.3) is 0 Å². The van der Waals surface area contributed by atoms with Gasteiger partial charge in [-0.25, -0.2) is 13.1 Å². The lowest BCUT2D eigenvalue weighted by Crippen LogP contribution is -2.38. The van der Waals surface area contributed by atoms with Crippen LogP contribution in [0.25, 0.3) is 0 Å². The summed E-state index contributed by atoms with van der Waals surface area (Å²) in [6.45, 7) is 4.55. The third-order valence-corrected chi connectivity index (χ3v) is 7.00. The first-order valence-electron chi connectivity index (χ1n) is 9.41. The minimum Gasteiger partial charge on any atom is -0.299 e. The van der Waals surface area contributed by atoms with Gasteiger partial charge in [-0.3, -0.25) is 9.69 Å². The van der Waals surface area contributed by atoms with Gasteiger partial charge in [0.05, 0.1) is 4.90 Å². The Labute approximate surface area is 171 Å². The second-order valence-corrected chi connectivity index (χ2v) is 9.42. The second kappa shape index (κ2) is 9.18. The van der Waals surface area contributed by atoms with Gasteiger partial charge in [0.15, 0.2) is 5.78 Å². The number of carbonyl (C=O) groups excluding carboxylic acids is 1. The van der Waals surface area contributed by atoms with Gasteiger partial charge in [0.2, 0.25) is 10.0 Å². The second-order valence-electron chi connectivity index (χ2n) is 7.24. The molecule has 1 heterocycles. The van der Waals surface area contributed by atoms with Gasteiger partial charge >= 0.3 is 0 Å². The maximum Gasteiger partial charge on any atom is 0.240 e. The van der Waals surface area contributed by atoms with Gasteiger partial charge in [-0.05, 0) is 62.5 Å². The summed E-state index contributed by atoms with van der Waals surface area (Å²) < 4.78 is 27.7. The highest BCUT2D eigenvalue weighted by molar-refractivity contribution is 7.89. The van der Waals surface area contributed by atoms with Crippen molar-refractivity contribution in [2.45, 2.75) is 31.2 Å². The lowest BCUT2D eigenvalue weighted by atomic mass is 9.97. The highest BCUT2D eigenvalue weighted by atomic mass is 35.5. The molecule has 1 aliphatic rings. The fourth-order valence-electron chi connectivity index (χ4n) is 3.40. The Kier molecular flexibility index (Phi) is 6.88. The molecule has 1 N–H and O–H groups in total. The van der Waals surface area contributed by atoms with Gasteiger partial charge < -0.3 is 0 Å². The van der Waals surface area contributed by atoms with E-state index in [0.29, 0.717) is 18.0 Å². The number of likely N-dealkylation sites (tertiary alicyclic amines) is 1. The normalized spacial score (nSPS) is 16.2. The van der Waals surface area contributed by atoms with Gasteiger partial charge in [-0.2, -0.15) is 0 Å². The summed E-state index contributed by atoms with van der Waals surface area (Å²) in [6, 6.07) is 13.9. The van der Waals surface area contributed by atoms with E-state index >= 15 is 0 Å². The molecule has 0 amide bonds. The monoisotopic (exact) mass is 420 g/mol. The van der Waals surface area contributed by atoms with Crippen LogP contribution < -0.4 is 4.72 Å². The maximum atomic E-state index is 12.5. The number of nitrogens with one attached hydrogen (secondary N) is 1. The van der Waals surface area contributed by atoms with Crippen molar-refractivity contribution in [3.8, 4) is 0 Å². The number of rotatable bonds is 7. The van der Waals surface area contributed by atoms with Crippen molar-refractivity contribution >= 4 is 27.4 Å². The van der Waals surface area contributed by atoms with Crippen LogP contribution >= 0.6 is 11.6 Å². The largest absolute Gasteiger partial charge is 0.299 e. The molecule has 0 aliphatic carbocycles. The summed E-state index contributed by atoms with van der Waals surface area (Å²) in [5.41, 5.74) is 1.63. The van der Waals surface area contributed by atoms with Crippen LogP contribution in [0.5, 0.6) is 0 Å². The molecular formula is C21H25ClN2O3S. The van der Waals surface area contributed by atoms with E-state index in [4.69, 9.17) is 11.6 Å². The number of Topliss-reactive ketones (excluding diaryl/α,β-unsaturated/α-hetero) is 1. The van der Waals surface area contributed by atoms with Crippen LogP contribution in [0.2, 0.25) is 5.02 Å². The number of nitrogens with zero attached hydrogens (tertiary/aromatic N) is 1. The summed E-state index contributed by atoms with van der Waals surface area (Å²) in [5, 5.41) is 0.785. The van der Waals surface area contributed by atoms with Crippen molar-refractivity contribution in [1.82, 2.24) is 9.62 Å². The zero-order valence-corrected chi connectivity index (χ0v) is 17.5.